The Balaban J connectivity index is 0.000000521. The summed E-state index contributed by atoms with van der Waals surface area (Å²) in [7, 11) is 1.27. The normalized spacial score (nSPS) is 15.3. The Morgan fingerprint density at radius 3 is 2.57 bits per heavy atom. The molecule has 2 amide bonds. The highest BCUT2D eigenvalue weighted by Crippen LogP contribution is 2.34. The summed E-state index contributed by atoms with van der Waals surface area (Å²) in [4.78, 5) is 24.5. The number of nitrogens with one attached hydrogen (secondary N) is 1. The average molecular weight is 533 g/mol. The van der Waals surface area contributed by atoms with Crippen LogP contribution in [-0.2, 0) is 22.3 Å². The number of alkyl carbamates (subject to hydrolysis) is 1. The lowest BCUT2D eigenvalue weighted by atomic mass is 9.87. The van der Waals surface area contributed by atoms with Gasteiger partial charge >= 0.3 is 12.2 Å². The summed E-state index contributed by atoms with van der Waals surface area (Å²) in [6, 6.07) is 14.8. The average Bonchev–Trinajstić information content (AvgIpc) is 2.87. The number of hydrogen-bond acceptors (Lipinski definition) is 5. The van der Waals surface area contributed by atoms with Crippen LogP contribution < -0.4 is 5.32 Å². The minimum absolute atomic E-state index is 0.0604. The number of nitrogens with zero attached hydrogens (tertiary/aromatic N) is 1. The van der Waals surface area contributed by atoms with Gasteiger partial charge in [-0.2, -0.15) is 0 Å². The Morgan fingerprint density at radius 1 is 1.19 bits per heavy atom. The van der Waals surface area contributed by atoms with E-state index in [1.807, 2.05) is 37.8 Å². The molecule has 204 valence electrons. The fourth-order valence-electron chi connectivity index (χ4n) is 4.27. The smallest absolute Gasteiger partial charge is 0.410 e. The Kier molecular flexibility index (Phi) is 12.2. The molecule has 1 fully saturated rings. The van der Waals surface area contributed by atoms with Gasteiger partial charge in [0.25, 0.3) is 0 Å². The molecule has 0 spiro atoms. The van der Waals surface area contributed by atoms with E-state index in [2.05, 4.69) is 47.3 Å². The van der Waals surface area contributed by atoms with E-state index >= 15 is 0 Å². The van der Waals surface area contributed by atoms with Crippen molar-refractivity contribution >= 4 is 23.8 Å². The number of benzene rings is 2. The van der Waals surface area contributed by atoms with E-state index in [4.69, 9.17) is 21.4 Å². The van der Waals surface area contributed by atoms with E-state index in [0.717, 1.165) is 49.4 Å². The summed E-state index contributed by atoms with van der Waals surface area (Å²) in [5.41, 5.74) is 4.39. The molecule has 0 bridgehead atoms. The van der Waals surface area contributed by atoms with Gasteiger partial charge in [-0.25, -0.2) is 9.59 Å². The first kappa shape index (κ1) is 30.5. The van der Waals surface area contributed by atoms with Crippen molar-refractivity contribution in [3.63, 3.8) is 0 Å². The van der Waals surface area contributed by atoms with Gasteiger partial charge in [0.1, 0.15) is 5.60 Å². The summed E-state index contributed by atoms with van der Waals surface area (Å²) < 4.78 is 9.77. The van der Waals surface area contributed by atoms with Crippen LogP contribution in [0.25, 0.3) is 11.1 Å². The molecular weight excluding hydrogens is 492 g/mol. The number of halogens is 1. The van der Waals surface area contributed by atoms with Crippen molar-refractivity contribution in [1.29, 1.82) is 0 Å². The number of carbonyl (C=O) groups excluding carboxylic acids is 2. The van der Waals surface area contributed by atoms with E-state index in [-0.39, 0.29) is 19.2 Å². The molecule has 1 aliphatic rings. The molecule has 1 saturated heterocycles. The monoisotopic (exact) mass is 532 g/mol. The van der Waals surface area contributed by atoms with Crippen molar-refractivity contribution in [2.45, 2.75) is 59.0 Å². The first-order chi connectivity index (χ1) is 17.6. The fraction of sp³-hybridized carbons (Fsp3) is 0.517. The number of aliphatic hydroxyl groups excluding tert-OH is 1. The predicted octanol–water partition coefficient (Wildman–Crippen LogP) is 6.09. The van der Waals surface area contributed by atoms with Gasteiger partial charge in [0.15, 0.2) is 0 Å². The van der Waals surface area contributed by atoms with E-state index < -0.39 is 11.7 Å². The van der Waals surface area contributed by atoms with Gasteiger partial charge < -0.3 is 24.8 Å². The Morgan fingerprint density at radius 2 is 1.92 bits per heavy atom. The Labute approximate surface area is 226 Å². The number of ether oxygens (including phenoxy) is 2. The number of amides is 2. The molecule has 8 heteroatoms. The summed E-state index contributed by atoms with van der Waals surface area (Å²) in [5, 5.41) is 11.2. The van der Waals surface area contributed by atoms with E-state index in [0.29, 0.717) is 5.92 Å². The zero-order valence-electron chi connectivity index (χ0n) is 22.7. The van der Waals surface area contributed by atoms with Gasteiger partial charge in [-0.1, -0.05) is 54.9 Å². The zero-order valence-corrected chi connectivity index (χ0v) is 23.4. The molecule has 2 N–H and O–H groups in total. The van der Waals surface area contributed by atoms with Gasteiger partial charge in [-0.3, -0.25) is 0 Å². The van der Waals surface area contributed by atoms with E-state index in [9.17, 15) is 9.59 Å². The number of hydrogen-bond donors (Lipinski definition) is 2. The zero-order chi connectivity index (χ0) is 27.4. The molecule has 1 aliphatic heterocycles. The Hall–Kier alpha value is -2.77. The minimum atomic E-state index is -0.515. The molecule has 3 rings (SSSR count). The van der Waals surface area contributed by atoms with Crippen LogP contribution in [0, 0.1) is 5.92 Å². The van der Waals surface area contributed by atoms with Gasteiger partial charge in [-0.05, 0) is 75.1 Å². The van der Waals surface area contributed by atoms with E-state index in [1.165, 1.54) is 23.8 Å². The molecule has 0 aromatic heterocycles. The summed E-state index contributed by atoms with van der Waals surface area (Å²) in [6.45, 7) is 9.59. The number of piperidine rings is 1. The predicted molar refractivity (Wildman–Crippen MR) is 148 cm³/mol. The number of likely N-dealkylation sites (tertiary alicyclic amines) is 1. The van der Waals surface area contributed by atoms with Gasteiger partial charge in [0.05, 0.1) is 13.7 Å². The molecule has 0 aliphatic carbocycles. The molecule has 7 nitrogen and oxygen atoms in total. The maximum absolute atomic E-state index is 12.5. The highest BCUT2D eigenvalue weighted by atomic mass is 35.5. The number of carbonyl (C=O) groups is 2. The highest BCUT2D eigenvalue weighted by Gasteiger charge is 2.28. The minimum Gasteiger partial charge on any atom is -0.453 e. The van der Waals surface area contributed by atoms with Crippen LogP contribution in [0.4, 0.5) is 9.59 Å². The third-order valence-corrected chi connectivity index (χ3v) is 6.28. The molecule has 2 aromatic rings. The van der Waals surface area contributed by atoms with Crippen molar-refractivity contribution in [1.82, 2.24) is 10.2 Å². The number of methoxy groups -OCH3 is 1. The molecule has 1 unspecified atom stereocenters. The van der Waals surface area contributed by atoms with Gasteiger partial charge in [-0.15, -0.1) is 0 Å². The van der Waals surface area contributed by atoms with Crippen molar-refractivity contribution in [3.05, 3.63) is 58.6 Å². The second kappa shape index (κ2) is 14.8. The number of aryl methyl sites for hydroxylation is 1. The van der Waals surface area contributed by atoms with Gasteiger partial charge in [0.2, 0.25) is 0 Å². The van der Waals surface area contributed by atoms with Crippen LogP contribution in [-0.4, -0.2) is 61.1 Å². The van der Waals surface area contributed by atoms with Crippen LogP contribution in [0.1, 0.15) is 51.7 Å². The Bertz CT molecular complexity index is 1020. The largest absolute Gasteiger partial charge is 0.453 e. The first-order valence-corrected chi connectivity index (χ1v) is 13.2. The first-order valence-electron chi connectivity index (χ1n) is 12.8. The second-order valence-corrected chi connectivity index (χ2v) is 10.5. The highest BCUT2D eigenvalue weighted by molar-refractivity contribution is 6.33. The summed E-state index contributed by atoms with van der Waals surface area (Å²) in [5.74, 6) is 0.405. The van der Waals surface area contributed by atoms with Crippen LogP contribution >= 0.6 is 11.6 Å². The lowest BCUT2D eigenvalue weighted by Crippen LogP contribution is -2.43. The van der Waals surface area contributed by atoms with Crippen molar-refractivity contribution < 1.29 is 24.2 Å². The van der Waals surface area contributed by atoms with Crippen molar-refractivity contribution in [2.75, 3.05) is 33.4 Å². The molecule has 2 aromatic carbocycles. The molecule has 0 radical (unpaired) electrons. The van der Waals surface area contributed by atoms with Crippen molar-refractivity contribution in [2.24, 2.45) is 5.92 Å². The SMILES string of the molecule is CCc1cccc(-c2c(Cl)cccc2CC2CCCN(C(=O)OC(C)(C)C)C2)c1.COC(=O)NCCO. The molecular formula is C29H41ClN2O5. The van der Waals surface area contributed by atoms with Gasteiger partial charge in [0, 0.05) is 30.2 Å². The van der Waals surface area contributed by atoms with Crippen LogP contribution in [0.3, 0.4) is 0 Å². The third kappa shape index (κ3) is 10.3. The molecule has 1 atom stereocenters. The lowest BCUT2D eigenvalue weighted by Gasteiger charge is -2.34. The third-order valence-electron chi connectivity index (χ3n) is 5.97. The maximum Gasteiger partial charge on any atom is 0.410 e. The van der Waals surface area contributed by atoms with Crippen LogP contribution in [0.5, 0.6) is 0 Å². The summed E-state index contributed by atoms with van der Waals surface area (Å²) >= 11 is 6.64. The second-order valence-electron chi connectivity index (χ2n) is 10.1. The van der Waals surface area contributed by atoms with E-state index in [1.54, 1.807) is 0 Å². The topological polar surface area (TPSA) is 88.1 Å². The van der Waals surface area contributed by atoms with Crippen molar-refractivity contribution in [3.8, 4) is 11.1 Å². The molecule has 37 heavy (non-hydrogen) atoms. The lowest BCUT2D eigenvalue weighted by molar-refractivity contribution is 0.0166. The maximum atomic E-state index is 12.5. The summed E-state index contributed by atoms with van der Waals surface area (Å²) in [6.07, 6.45) is 3.31. The van der Waals surface area contributed by atoms with Crippen LogP contribution in [0.2, 0.25) is 5.02 Å². The number of rotatable bonds is 6. The van der Waals surface area contributed by atoms with Crippen LogP contribution in [0.15, 0.2) is 42.5 Å². The fourth-order valence-corrected chi connectivity index (χ4v) is 4.58. The standard InChI is InChI=1S/C25H32ClNO2.C4H9NO3/c1-5-18-9-6-11-20(15-18)23-21(12-7-13-22(23)26)16-19-10-8-14-27(17-19)24(28)29-25(2,3)4;1-8-4(7)5-2-3-6/h6-7,9,11-13,15,19H,5,8,10,14,16-17H2,1-4H3;6H,2-3H2,1H3,(H,5,7). The quantitative estimate of drug-likeness (QED) is 0.469. The molecule has 1 heterocycles. The number of aliphatic hydroxyl groups is 1. The molecule has 0 saturated carbocycles.